The van der Waals surface area contributed by atoms with Gasteiger partial charge in [-0.25, -0.2) is 0 Å². The minimum absolute atomic E-state index is 0.114. The number of amides is 2. The molecule has 5 rings (SSSR count). The molecule has 0 bridgehead atoms. The van der Waals surface area contributed by atoms with Gasteiger partial charge in [0.1, 0.15) is 0 Å². The van der Waals surface area contributed by atoms with Crippen LogP contribution in [0.25, 0.3) is 6.08 Å². The zero-order valence-electron chi connectivity index (χ0n) is 18.9. The lowest BCUT2D eigenvalue weighted by atomic mass is 10.00. The van der Waals surface area contributed by atoms with Gasteiger partial charge in [0.2, 0.25) is 0 Å². The fourth-order valence-corrected chi connectivity index (χ4v) is 5.29. The molecule has 0 saturated carbocycles. The van der Waals surface area contributed by atoms with Crippen molar-refractivity contribution in [2.24, 2.45) is 0 Å². The predicted molar refractivity (Wildman–Crippen MR) is 138 cm³/mol. The van der Waals surface area contributed by atoms with E-state index in [1.807, 2.05) is 48.5 Å². The summed E-state index contributed by atoms with van der Waals surface area (Å²) in [4.78, 5) is 29.3. The van der Waals surface area contributed by atoms with Crippen LogP contribution in [0.1, 0.15) is 33.5 Å². The van der Waals surface area contributed by atoms with Gasteiger partial charge in [0, 0.05) is 36.6 Å². The number of benzene rings is 3. The van der Waals surface area contributed by atoms with E-state index in [0.29, 0.717) is 22.7 Å². The van der Waals surface area contributed by atoms with E-state index in [0.717, 1.165) is 42.9 Å². The molecule has 5 nitrogen and oxygen atoms in total. The van der Waals surface area contributed by atoms with Crippen molar-refractivity contribution in [3.63, 3.8) is 0 Å². The predicted octanol–water partition coefficient (Wildman–Crippen LogP) is 4.95. The van der Waals surface area contributed by atoms with Gasteiger partial charge in [-0.15, -0.1) is 0 Å². The smallest absolute Gasteiger partial charge is 0.262 e. The number of nitrogens with one attached hydrogen (secondary N) is 2. The Labute approximate surface area is 204 Å². The number of fused-ring (bicyclic) bond motifs is 2. The number of carbonyl (C=O) groups excluding carboxylic acids is 2. The molecular weight excluding hydrogens is 442 g/mol. The second kappa shape index (κ2) is 10.3. The SMILES string of the molecule is O=C1Nc2cc(C(=O)NCCCN3CCc4ccccc4C3)ccc2SC1=Cc1ccccc1. The minimum atomic E-state index is -0.151. The first kappa shape index (κ1) is 22.4. The summed E-state index contributed by atoms with van der Waals surface area (Å²) in [6, 6.07) is 23.9. The van der Waals surface area contributed by atoms with E-state index in [-0.39, 0.29) is 11.8 Å². The van der Waals surface area contributed by atoms with E-state index in [1.54, 1.807) is 6.07 Å². The van der Waals surface area contributed by atoms with Gasteiger partial charge in [0.15, 0.2) is 0 Å². The van der Waals surface area contributed by atoms with Crippen LogP contribution in [0.4, 0.5) is 5.69 Å². The summed E-state index contributed by atoms with van der Waals surface area (Å²) < 4.78 is 0. The van der Waals surface area contributed by atoms with Gasteiger partial charge in [-0.2, -0.15) is 0 Å². The summed E-state index contributed by atoms with van der Waals surface area (Å²) in [6.45, 7) is 3.63. The molecule has 3 aromatic rings. The number of rotatable bonds is 6. The quantitative estimate of drug-likeness (QED) is 0.396. The van der Waals surface area contributed by atoms with Crippen molar-refractivity contribution < 1.29 is 9.59 Å². The molecule has 0 spiro atoms. The highest BCUT2D eigenvalue weighted by atomic mass is 32.2. The second-order valence-corrected chi connectivity index (χ2v) is 9.67. The highest BCUT2D eigenvalue weighted by Gasteiger charge is 2.22. The van der Waals surface area contributed by atoms with Gasteiger partial charge >= 0.3 is 0 Å². The van der Waals surface area contributed by atoms with Gasteiger partial charge < -0.3 is 10.6 Å². The maximum atomic E-state index is 12.7. The van der Waals surface area contributed by atoms with Gasteiger partial charge in [-0.05, 0) is 53.8 Å². The third kappa shape index (κ3) is 5.24. The molecule has 0 radical (unpaired) electrons. The normalized spacial score (nSPS) is 16.5. The van der Waals surface area contributed by atoms with Crippen LogP contribution in [-0.2, 0) is 17.8 Å². The average Bonchev–Trinajstić information content (AvgIpc) is 2.87. The van der Waals surface area contributed by atoms with E-state index in [2.05, 4.69) is 39.8 Å². The molecule has 172 valence electrons. The van der Waals surface area contributed by atoms with Gasteiger partial charge in [0.05, 0.1) is 10.6 Å². The maximum absolute atomic E-state index is 12.7. The van der Waals surface area contributed by atoms with Crippen molar-refractivity contribution in [2.75, 3.05) is 25.0 Å². The third-order valence-electron chi connectivity index (χ3n) is 6.18. The van der Waals surface area contributed by atoms with Crippen LogP contribution in [0.15, 0.2) is 82.6 Å². The molecule has 0 saturated heterocycles. The number of thioether (sulfide) groups is 1. The highest BCUT2D eigenvalue weighted by molar-refractivity contribution is 8.04. The number of carbonyl (C=O) groups is 2. The Balaban J connectivity index is 1.14. The Morgan fingerprint density at radius 3 is 2.68 bits per heavy atom. The summed E-state index contributed by atoms with van der Waals surface area (Å²) in [6.07, 6.45) is 3.87. The molecule has 2 aliphatic rings. The fourth-order valence-electron chi connectivity index (χ4n) is 4.35. The van der Waals surface area contributed by atoms with Gasteiger partial charge in [-0.3, -0.25) is 14.5 Å². The van der Waals surface area contributed by atoms with Crippen molar-refractivity contribution in [1.29, 1.82) is 0 Å². The molecule has 0 atom stereocenters. The summed E-state index contributed by atoms with van der Waals surface area (Å²) in [5.41, 5.74) is 5.08. The first-order valence-electron chi connectivity index (χ1n) is 11.6. The van der Waals surface area contributed by atoms with Crippen LogP contribution in [0.2, 0.25) is 0 Å². The first-order valence-corrected chi connectivity index (χ1v) is 12.4. The number of nitrogens with zero attached hydrogens (tertiary/aromatic N) is 1. The third-order valence-corrected chi connectivity index (χ3v) is 7.28. The zero-order chi connectivity index (χ0) is 23.3. The second-order valence-electron chi connectivity index (χ2n) is 8.59. The average molecular weight is 470 g/mol. The van der Waals surface area contributed by atoms with E-state index in [9.17, 15) is 9.59 Å². The number of anilines is 1. The molecule has 2 heterocycles. The van der Waals surface area contributed by atoms with Gasteiger partial charge in [0.25, 0.3) is 11.8 Å². The standard InChI is InChI=1S/C28H27N3O2S/c32-27(29-14-6-15-31-16-13-21-9-4-5-10-23(21)19-31)22-11-12-25-24(18-22)30-28(33)26(34-25)17-20-7-2-1-3-8-20/h1-5,7-12,17-18H,6,13-16,19H2,(H,29,32)(H,30,33). The largest absolute Gasteiger partial charge is 0.352 e. The molecule has 0 aromatic heterocycles. The topological polar surface area (TPSA) is 61.4 Å². The molecule has 3 aromatic carbocycles. The Morgan fingerprint density at radius 1 is 1.03 bits per heavy atom. The van der Waals surface area contributed by atoms with Crippen molar-refractivity contribution in [2.45, 2.75) is 24.3 Å². The summed E-state index contributed by atoms with van der Waals surface area (Å²) in [7, 11) is 0. The highest BCUT2D eigenvalue weighted by Crippen LogP contribution is 2.39. The molecule has 2 N–H and O–H groups in total. The molecule has 2 aliphatic heterocycles. The first-order chi connectivity index (χ1) is 16.7. The zero-order valence-corrected chi connectivity index (χ0v) is 19.7. The van der Waals surface area contributed by atoms with E-state index >= 15 is 0 Å². The molecule has 0 unspecified atom stereocenters. The molecule has 2 amide bonds. The van der Waals surface area contributed by atoms with Crippen molar-refractivity contribution in [3.05, 3.63) is 100.0 Å². The Morgan fingerprint density at radius 2 is 1.82 bits per heavy atom. The Kier molecular flexibility index (Phi) is 6.79. The maximum Gasteiger partial charge on any atom is 0.262 e. The molecule has 0 aliphatic carbocycles. The van der Waals surface area contributed by atoms with E-state index < -0.39 is 0 Å². The molecule has 0 fully saturated rings. The number of hydrogen-bond donors (Lipinski definition) is 2. The fraction of sp³-hybridized carbons (Fsp3) is 0.214. The van der Waals surface area contributed by atoms with Crippen LogP contribution in [0.5, 0.6) is 0 Å². The van der Waals surface area contributed by atoms with E-state index in [1.165, 1.54) is 22.9 Å². The van der Waals surface area contributed by atoms with Crippen molar-refractivity contribution >= 4 is 35.3 Å². The minimum Gasteiger partial charge on any atom is -0.352 e. The molecule has 34 heavy (non-hydrogen) atoms. The molecular formula is C28H27N3O2S. The van der Waals surface area contributed by atoms with Crippen molar-refractivity contribution in [3.8, 4) is 0 Å². The monoisotopic (exact) mass is 469 g/mol. The van der Waals surface area contributed by atoms with Crippen LogP contribution in [-0.4, -0.2) is 36.3 Å². The van der Waals surface area contributed by atoms with Crippen LogP contribution in [0, 0.1) is 0 Å². The molecule has 6 heteroatoms. The Hall–Kier alpha value is -3.35. The number of hydrogen-bond acceptors (Lipinski definition) is 4. The van der Waals surface area contributed by atoms with Crippen molar-refractivity contribution in [1.82, 2.24) is 10.2 Å². The lowest BCUT2D eigenvalue weighted by Gasteiger charge is -2.28. The Bertz CT molecular complexity index is 1240. The van der Waals surface area contributed by atoms with Gasteiger partial charge in [-0.1, -0.05) is 66.4 Å². The lowest BCUT2D eigenvalue weighted by molar-refractivity contribution is -0.112. The summed E-state index contributed by atoms with van der Waals surface area (Å²) in [5.74, 6) is -0.265. The van der Waals surface area contributed by atoms with E-state index in [4.69, 9.17) is 0 Å². The van der Waals surface area contributed by atoms with Crippen LogP contribution < -0.4 is 10.6 Å². The summed E-state index contributed by atoms with van der Waals surface area (Å²) >= 11 is 1.42. The van der Waals surface area contributed by atoms with Crippen LogP contribution >= 0.6 is 11.8 Å². The summed E-state index contributed by atoms with van der Waals surface area (Å²) in [5, 5.41) is 5.95. The van der Waals surface area contributed by atoms with Crippen LogP contribution in [0.3, 0.4) is 0 Å². The lowest BCUT2D eigenvalue weighted by Crippen LogP contribution is -2.33.